The van der Waals surface area contributed by atoms with Gasteiger partial charge in [0.2, 0.25) is 0 Å². The Balaban J connectivity index is 2.84. The molecule has 0 fully saturated rings. The number of benzene rings is 1. The summed E-state index contributed by atoms with van der Waals surface area (Å²) < 4.78 is 5.10. The lowest BCUT2D eigenvalue weighted by molar-refractivity contribution is -0.384. The molecular formula is C14H17NO5. The van der Waals surface area contributed by atoms with Crippen LogP contribution in [0.2, 0.25) is 0 Å². The summed E-state index contributed by atoms with van der Waals surface area (Å²) in [5.41, 5.74) is -0.557. The molecule has 0 amide bonds. The largest absolute Gasteiger partial charge is 0.457 e. The van der Waals surface area contributed by atoms with Gasteiger partial charge in [-0.3, -0.25) is 10.1 Å². The second-order valence-corrected chi connectivity index (χ2v) is 5.28. The maximum Gasteiger partial charge on any atom is 0.336 e. The number of nitro benzene ring substituents is 1. The van der Waals surface area contributed by atoms with Gasteiger partial charge in [0.05, 0.1) is 10.5 Å². The van der Waals surface area contributed by atoms with Crippen LogP contribution in [0.4, 0.5) is 5.69 Å². The van der Waals surface area contributed by atoms with E-state index in [2.05, 4.69) is 6.58 Å². The maximum absolute atomic E-state index is 11.8. The summed E-state index contributed by atoms with van der Waals surface area (Å²) in [4.78, 5) is 21.7. The van der Waals surface area contributed by atoms with E-state index in [0.717, 1.165) is 0 Å². The first-order chi connectivity index (χ1) is 9.11. The SMILES string of the molecule is C=C(C(=O)OC(C)(C)C)[C@@H](O)c1ccc([N+](=O)[O-])cc1. The van der Waals surface area contributed by atoms with E-state index in [-0.39, 0.29) is 11.3 Å². The standard InChI is InChI=1S/C14H17NO5/c1-9(13(17)20-14(2,3)4)12(16)10-5-7-11(8-6-10)15(18)19/h5-8,12,16H,1H2,2-4H3/t12-/m1/s1. The van der Waals surface area contributed by atoms with Gasteiger partial charge in [0, 0.05) is 12.1 Å². The topological polar surface area (TPSA) is 89.7 Å². The molecule has 0 aliphatic rings. The summed E-state index contributed by atoms with van der Waals surface area (Å²) >= 11 is 0. The number of carbonyl (C=O) groups excluding carboxylic acids is 1. The lowest BCUT2D eigenvalue weighted by Crippen LogP contribution is -2.26. The fourth-order valence-corrected chi connectivity index (χ4v) is 1.43. The Hall–Kier alpha value is -2.21. The third kappa shape index (κ3) is 4.17. The first-order valence-corrected chi connectivity index (χ1v) is 5.96. The Bertz CT molecular complexity index is 527. The second-order valence-electron chi connectivity index (χ2n) is 5.28. The number of ether oxygens (including phenoxy) is 1. The van der Waals surface area contributed by atoms with Gasteiger partial charge in [0.25, 0.3) is 5.69 Å². The molecule has 0 aliphatic heterocycles. The smallest absolute Gasteiger partial charge is 0.336 e. The zero-order valence-corrected chi connectivity index (χ0v) is 11.6. The number of carbonyl (C=O) groups is 1. The van der Waals surface area contributed by atoms with Crippen LogP contribution in [0.25, 0.3) is 0 Å². The van der Waals surface area contributed by atoms with Crippen molar-refractivity contribution in [2.75, 3.05) is 0 Å². The molecule has 6 nitrogen and oxygen atoms in total. The third-order valence-corrected chi connectivity index (χ3v) is 2.41. The zero-order chi connectivity index (χ0) is 15.5. The second kappa shape index (κ2) is 5.83. The van der Waals surface area contributed by atoms with Gasteiger partial charge in [-0.05, 0) is 38.5 Å². The predicted octanol–water partition coefficient (Wildman–Crippen LogP) is 2.53. The molecule has 6 heteroatoms. The van der Waals surface area contributed by atoms with Crippen LogP contribution in [0, 0.1) is 10.1 Å². The van der Waals surface area contributed by atoms with Crippen LogP contribution in [0.3, 0.4) is 0 Å². The van der Waals surface area contributed by atoms with E-state index < -0.39 is 22.6 Å². The Morgan fingerprint density at radius 2 is 1.85 bits per heavy atom. The first kappa shape index (κ1) is 15.8. The Kier molecular flexibility index (Phi) is 4.62. The fraction of sp³-hybridized carbons (Fsp3) is 0.357. The van der Waals surface area contributed by atoms with Crippen molar-refractivity contribution in [1.29, 1.82) is 0 Å². The van der Waals surface area contributed by atoms with Crippen LogP contribution in [-0.4, -0.2) is 21.6 Å². The molecule has 1 N–H and O–H groups in total. The van der Waals surface area contributed by atoms with Gasteiger partial charge < -0.3 is 9.84 Å². The van der Waals surface area contributed by atoms with Crippen molar-refractivity contribution in [2.24, 2.45) is 0 Å². The minimum atomic E-state index is -1.26. The van der Waals surface area contributed by atoms with E-state index in [0.29, 0.717) is 5.56 Å². The number of non-ortho nitro benzene ring substituents is 1. The molecule has 0 aliphatic carbocycles. The molecule has 1 atom stereocenters. The summed E-state index contributed by atoms with van der Waals surface area (Å²) in [6.45, 7) is 8.63. The van der Waals surface area contributed by atoms with Crippen molar-refractivity contribution in [3.63, 3.8) is 0 Å². The molecule has 108 valence electrons. The summed E-state index contributed by atoms with van der Waals surface area (Å²) in [6, 6.07) is 5.25. The highest BCUT2D eigenvalue weighted by Crippen LogP contribution is 2.24. The predicted molar refractivity (Wildman–Crippen MR) is 73.0 cm³/mol. The van der Waals surface area contributed by atoms with Crippen molar-refractivity contribution in [1.82, 2.24) is 0 Å². The Labute approximate surface area is 116 Å². The van der Waals surface area contributed by atoms with Gasteiger partial charge in [-0.2, -0.15) is 0 Å². The highest BCUT2D eigenvalue weighted by atomic mass is 16.6. The molecule has 0 saturated heterocycles. The Morgan fingerprint density at radius 1 is 1.35 bits per heavy atom. The minimum Gasteiger partial charge on any atom is -0.457 e. The van der Waals surface area contributed by atoms with Crippen molar-refractivity contribution in [3.8, 4) is 0 Å². The average molecular weight is 279 g/mol. The average Bonchev–Trinajstić information content (AvgIpc) is 2.35. The van der Waals surface area contributed by atoms with Gasteiger partial charge in [0.15, 0.2) is 0 Å². The lowest BCUT2D eigenvalue weighted by Gasteiger charge is -2.22. The number of nitro groups is 1. The monoisotopic (exact) mass is 279 g/mol. The summed E-state index contributed by atoms with van der Waals surface area (Å²) in [5.74, 6) is -0.705. The van der Waals surface area contributed by atoms with Gasteiger partial charge in [-0.15, -0.1) is 0 Å². The molecule has 0 unspecified atom stereocenters. The highest BCUT2D eigenvalue weighted by Gasteiger charge is 2.24. The van der Waals surface area contributed by atoms with Crippen molar-refractivity contribution >= 4 is 11.7 Å². The lowest BCUT2D eigenvalue weighted by atomic mass is 10.0. The number of hydrogen-bond donors (Lipinski definition) is 1. The van der Waals surface area contributed by atoms with E-state index >= 15 is 0 Å². The van der Waals surface area contributed by atoms with Crippen LogP contribution in [0.15, 0.2) is 36.4 Å². The van der Waals surface area contributed by atoms with Gasteiger partial charge in [0.1, 0.15) is 11.7 Å². The molecule has 1 rings (SSSR count). The number of hydrogen-bond acceptors (Lipinski definition) is 5. The summed E-state index contributed by atoms with van der Waals surface area (Å²) in [6.07, 6.45) is -1.26. The van der Waals surface area contributed by atoms with Crippen LogP contribution in [-0.2, 0) is 9.53 Å². The quantitative estimate of drug-likeness (QED) is 0.396. The van der Waals surface area contributed by atoms with E-state index in [1.807, 2.05) is 0 Å². The number of aliphatic hydroxyl groups is 1. The number of rotatable bonds is 4. The molecule has 1 aromatic rings. The molecule has 0 aromatic heterocycles. The third-order valence-electron chi connectivity index (χ3n) is 2.41. The van der Waals surface area contributed by atoms with Crippen LogP contribution in [0.1, 0.15) is 32.4 Å². The number of nitrogens with zero attached hydrogens (tertiary/aromatic N) is 1. The summed E-state index contributed by atoms with van der Waals surface area (Å²) in [7, 11) is 0. The van der Waals surface area contributed by atoms with Crippen LogP contribution < -0.4 is 0 Å². The minimum absolute atomic E-state index is 0.0937. The number of esters is 1. The Morgan fingerprint density at radius 3 is 2.25 bits per heavy atom. The number of aliphatic hydroxyl groups excluding tert-OH is 1. The van der Waals surface area contributed by atoms with Crippen molar-refractivity contribution in [2.45, 2.75) is 32.5 Å². The molecule has 0 spiro atoms. The van der Waals surface area contributed by atoms with Gasteiger partial charge in [-0.25, -0.2) is 4.79 Å². The normalized spacial score (nSPS) is 12.6. The molecule has 0 bridgehead atoms. The van der Waals surface area contributed by atoms with Gasteiger partial charge in [-0.1, -0.05) is 6.58 Å². The maximum atomic E-state index is 11.8. The zero-order valence-electron chi connectivity index (χ0n) is 11.6. The van der Waals surface area contributed by atoms with E-state index in [1.165, 1.54) is 24.3 Å². The highest BCUT2D eigenvalue weighted by molar-refractivity contribution is 5.89. The van der Waals surface area contributed by atoms with Crippen LogP contribution in [0.5, 0.6) is 0 Å². The summed E-state index contributed by atoms with van der Waals surface area (Å²) in [5, 5.41) is 20.5. The van der Waals surface area contributed by atoms with Crippen molar-refractivity contribution < 1.29 is 19.6 Å². The van der Waals surface area contributed by atoms with Crippen molar-refractivity contribution in [3.05, 3.63) is 52.1 Å². The van der Waals surface area contributed by atoms with E-state index in [9.17, 15) is 20.0 Å². The van der Waals surface area contributed by atoms with E-state index in [4.69, 9.17) is 4.74 Å². The molecule has 1 aromatic carbocycles. The molecule has 20 heavy (non-hydrogen) atoms. The molecule has 0 saturated carbocycles. The van der Waals surface area contributed by atoms with Gasteiger partial charge >= 0.3 is 5.97 Å². The first-order valence-electron chi connectivity index (χ1n) is 5.96. The van der Waals surface area contributed by atoms with E-state index in [1.54, 1.807) is 20.8 Å². The van der Waals surface area contributed by atoms with Crippen LogP contribution >= 0.6 is 0 Å². The molecular weight excluding hydrogens is 262 g/mol. The fourth-order valence-electron chi connectivity index (χ4n) is 1.43. The molecule has 0 radical (unpaired) electrons. The molecule has 0 heterocycles.